The van der Waals surface area contributed by atoms with Crippen molar-refractivity contribution in [1.82, 2.24) is 9.97 Å². The van der Waals surface area contributed by atoms with Gasteiger partial charge in [-0.25, -0.2) is 4.39 Å². The van der Waals surface area contributed by atoms with Crippen molar-refractivity contribution >= 4 is 29.1 Å². The van der Waals surface area contributed by atoms with Gasteiger partial charge in [-0.05, 0) is 50.0 Å². The Labute approximate surface area is 173 Å². The third kappa shape index (κ3) is 3.39. The van der Waals surface area contributed by atoms with Gasteiger partial charge < -0.3 is 9.88 Å². The van der Waals surface area contributed by atoms with Gasteiger partial charge >= 0.3 is 0 Å². The third-order valence-corrected chi connectivity index (χ3v) is 6.54. The van der Waals surface area contributed by atoms with E-state index in [-0.39, 0.29) is 5.82 Å². The van der Waals surface area contributed by atoms with Gasteiger partial charge in [-0.15, -0.1) is 0 Å². The summed E-state index contributed by atoms with van der Waals surface area (Å²) < 4.78 is 13.2. The van der Waals surface area contributed by atoms with Crippen molar-refractivity contribution in [2.45, 2.75) is 38.1 Å². The van der Waals surface area contributed by atoms with Gasteiger partial charge in [0.25, 0.3) is 0 Å². The zero-order valence-corrected chi connectivity index (χ0v) is 17.1. The van der Waals surface area contributed by atoms with E-state index in [1.54, 1.807) is 0 Å². The largest absolute Gasteiger partial charge is 0.369 e. The number of pyridine rings is 1. The zero-order chi connectivity index (χ0) is 20.0. The molecule has 2 aliphatic heterocycles. The molecule has 1 saturated carbocycles. The Morgan fingerprint density at radius 3 is 2.72 bits per heavy atom. The summed E-state index contributed by atoms with van der Waals surface area (Å²) in [6.45, 7) is 1.37. The molecule has 2 aromatic heterocycles. The van der Waals surface area contributed by atoms with Crippen LogP contribution >= 0.6 is 11.6 Å². The normalized spacial score (nSPS) is 23.8. The van der Waals surface area contributed by atoms with Crippen molar-refractivity contribution in [3.63, 3.8) is 0 Å². The van der Waals surface area contributed by atoms with E-state index in [1.165, 1.54) is 23.5 Å². The first-order valence-corrected chi connectivity index (χ1v) is 10.5. The molecule has 1 fully saturated rings. The van der Waals surface area contributed by atoms with E-state index in [0.717, 1.165) is 59.3 Å². The number of allylic oxidation sites excluding steroid dienone is 1. The fourth-order valence-electron chi connectivity index (χ4n) is 4.78. The summed E-state index contributed by atoms with van der Waals surface area (Å²) in [5.74, 6) is 0.473. The van der Waals surface area contributed by atoms with Gasteiger partial charge in [0.1, 0.15) is 5.82 Å². The number of hydrogen-bond acceptors (Lipinski definition) is 4. The molecule has 0 spiro atoms. The minimum absolute atomic E-state index is 0.281. The standard InChI is InChI=1S/C22H23ClFN5/c1-29-9-8-15(23)10-19-22(29)17-12-26-28-20(21(17)27-19)14-4-2-13(3-5-14)18-7-6-16(24)11-25-18/h6-8,10-11,13-14,27H,2-5,9,12H2,1H3. The average molecular weight is 412 g/mol. The summed E-state index contributed by atoms with van der Waals surface area (Å²) in [5.41, 5.74) is 4.44. The number of azo groups is 1. The topological polar surface area (TPSA) is 56.6 Å². The van der Waals surface area contributed by atoms with E-state index in [4.69, 9.17) is 11.6 Å². The Kier molecular flexibility index (Phi) is 4.74. The van der Waals surface area contributed by atoms with Gasteiger partial charge in [0, 0.05) is 41.7 Å². The fraction of sp³-hybridized carbons (Fsp3) is 0.409. The number of halogens is 2. The quantitative estimate of drug-likeness (QED) is 0.813. The molecule has 0 bridgehead atoms. The van der Waals surface area contributed by atoms with Crippen LogP contribution < -0.4 is 15.6 Å². The summed E-state index contributed by atoms with van der Waals surface area (Å²) in [4.78, 5) is 10.1. The van der Waals surface area contributed by atoms with Crippen molar-refractivity contribution in [2.24, 2.45) is 16.1 Å². The van der Waals surface area contributed by atoms with Crippen LogP contribution in [0.5, 0.6) is 0 Å². The predicted molar refractivity (Wildman–Crippen MR) is 113 cm³/mol. The number of anilines is 1. The van der Waals surface area contributed by atoms with Crippen LogP contribution in [0, 0.1) is 11.7 Å². The Bertz CT molecular complexity index is 1110. The lowest BCUT2D eigenvalue weighted by Crippen LogP contribution is -2.24. The molecular formula is C22H23ClFN5. The van der Waals surface area contributed by atoms with E-state index in [0.29, 0.717) is 18.4 Å². The minimum atomic E-state index is -0.281. The second-order valence-corrected chi connectivity index (χ2v) is 8.53. The molecule has 0 radical (unpaired) electrons. The van der Waals surface area contributed by atoms with Crippen LogP contribution in [0.15, 0.2) is 39.7 Å². The average Bonchev–Trinajstić information content (AvgIpc) is 3.04. The van der Waals surface area contributed by atoms with Crippen LogP contribution in [0.25, 0.3) is 11.8 Å². The molecule has 1 aliphatic carbocycles. The maximum Gasteiger partial charge on any atom is 0.141 e. The molecule has 0 saturated heterocycles. The Balaban J connectivity index is 1.47. The molecule has 0 aromatic carbocycles. The maximum atomic E-state index is 13.2. The smallest absolute Gasteiger partial charge is 0.141 e. The highest BCUT2D eigenvalue weighted by Crippen LogP contribution is 2.39. The summed E-state index contributed by atoms with van der Waals surface area (Å²) in [6.07, 6.45) is 9.44. The third-order valence-electron chi connectivity index (χ3n) is 6.27. The number of nitrogens with zero attached hydrogens (tertiary/aromatic N) is 4. The van der Waals surface area contributed by atoms with Crippen LogP contribution in [0.4, 0.5) is 10.1 Å². The number of aromatic amines is 1. The Morgan fingerprint density at radius 2 is 1.97 bits per heavy atom. The molecule has 3 aliphatic rings. The predicted octanol–water partition coefficient (Wildman–Crippen LogP) is 3.95. The first-order valence-electron chi connectivity index (χ1n) is 10.1. The molecule has 5 rings (SSSR count). The van der Waals surface area contributed by atoms with Gasteiger partial charge in [-0.1, -0.05) is 11.6 Å². The Morgan fingerprint density at radius 1 is 1.17 bits per heavy atom. The molecule has 150 valence electrons. The number of hydrogen-bond donors (Lipinski definition) is 1. The van der Waals surface area contributed by atoms with E-state index in [2.05, 4.69) is 32.1 Å². The molecule has 29 heavy (non-hydrogen) atoms. The number of rotatable bonds is 2. The van der Waals surface area contributed by atoms with Crippen molar-refractivity contribution in [2.75, 3.05) is 18.5 Å². The SMILES string of the molecule is CN1CC=C(Cl)C=c2[nH]c3c(c21)CN=NC=3C1CCC(c2ccc(F)cn2)CC1. The van der Waals surface area contributed by atoms with Crippen LogP contribution in [0.2, 0.25) is 0 Å². The number of aromatic nitrogens is 2. The van der Waals surface area contributed by atoms with Crippen molar-refractivity contribution in [3.8, 4) is 0 Å². The second kappa shape index (κ2) is 7.41. The van der Waals surface area contributed by atoms with Gasteiger partial charge in [0.05, 0.1) is 34.8 Å². The van der Waals surface area contributed by atoms with E-state index in [9.17, 15) is 4.39 Å². The zero-order valence-electron chi connectivity index (χ0n) is 16.3. The summed E-state index contributed by atoms with van der Waals surface area (Å²) in [6, 6.07) is 3.32. The molecule has 1 N–H and O–H groups in total. The molecular weight excluding hydrogens is 389 g/mol. The molecule has 5 nitrogen and oxygen atoms in total. The van der Waals surface area contributed by atoms with Crippen LogP contribution in [-0.2, 0) is 6.54 Å². The fourth-order valence-corrected chi connectivity index (χ4v) is 4.96. The minimum Gasteiger partial charge on any atom is -0.369 e. The molecule has 0 atom stereocenters. The molecule has 0 amide bonds. The van der Waals surface area contributed by atoms with Crippen molar-refractivity contribution in [3.05, 3.63) is 57.2 Å². The Hall–Kier alpha value is -2.47. The van der Waals surface area contributed by atoms with E-state index < -0.39 is 0 Å². The van der Waals surface area contributed by atoms with Gasteiger partial charge in [-0.2, -0.15) is 10.2 Å². The molecule has 4 heterocycles. The number of nitrogens with one attached hydrogen (secondary N) is 1. The lowest BCUT2D eigenvalue weighted by molar-refractivity contribution is 0.373. The molecule has 0 unspecified atom stereocenters. The highest BCUT2D eigenvalue weighted by molar-refractivity contribution is 6.34. The highest BCUT2D eigenvalue weighted by atomic mass is 35.5. The molecule has 2 aromatic rings. The van der Waals surface area contributed by atoms with Gasteiger partial charge in [0.2, 0.25) is 0 Å². The summed E-state index contributed by atoms with van der Waals surface area (Å²) in [5, 5.41) is 11.9. The number of H-pyrrole nitrogens is 1. The lowest BCUT2D eigenvalue weighted by atomic mass is 9.78. The molecule has 7 heteroatoms. The highest BCUT2D eigenvalue weighted by Gasteiger charge is 2.29. The first kappa shape index (κ1) is 18.6. The maximum absolute atomic E-state index is 13.2. The van der Waals surface area contributed by atoms with Crippen LogP contribution in [0.1, 0.15) is 42.9 Å². The van der Waals surface area contributed by atoms with Crippen molar-refractivity contribution in [1.29, 1.82) is 0 Å². The van der Waals surface area contributed by atoms with Crippen LogP contribution in [0.3, 0.4) is 0 Å². The van der Waals surface area contributed by atoms with E-state index >= 15 is 0 Å². The number of fused-ring (bicyclic) bond motifs is 3. The van der Waals surface area contributed by atoms with E-state index in [1.807, 2.05) is 18.2 Å². The van der Waals surface area contributed by atoms with Crippen molar-refractivity contribution < 1.29 is 4.39 Å². The number of likely N-dealkylation sites (N-methyl/N-ethyl adjacent to an activating group) is 1. The second-order valence-electron chi connectivity index (χ2n) is 8.09. The van der Waals surface area contributed by atoms with Crippen LogP contribution in [-0.4, -0.2) is 23.6 Å². The first-order chi connectivity index (χ1) is 14.1. The van der Waals surface area contributed by atoms with Gasteiger partial charge in [-0.3, -0.25) is 4.98 Å². The lowest BCUT2D eigenvalue weighted by Gasteiger charge is -2.28. The summed E-state index contributed by atoms with van der Waals surface area (Å²) >= 11 is 6.32. The summed E-state index contributed by atoms with van der Waals surface area (Å²) in [7, 11) is 2.08. The van der Waals surface area contributed by atoms with Gasteiger partial charge in [0.15, 0.2) is 0 Å². The monoisotopic (exact) mass is 411 g/mol.